The molecule has 1 amide bonds. The number of nitrogens with zero attached hydrogens (tertiary/aromatic N) is 2. The van der Waals surface area contributed by atoms with Crippen molar-refractivity contribution >= 4 is 23.7 Å². The van der Waals surface area contributed by atoms with Gasteiger partial charge in [0.2, 0.25) is 5.91 Å². The number of fused-ring (bicyclic) bond motifs is 1. The van der Waals surface area contributed by atoms with Gasteiger partial charge in [0.25, 0.3) is 0 Å². The number of carbonyl (C=O) groups excluding carboxylic acids is 1. The fourth-order valence-corrected chi connectivity index (χ4v) is 4.13. The van der Waals surface area contributed by atoms with Gasteiger partial charge in [-0.25, -0.2) is 0 Å². The highest BCUT2D eigenvalue weighted by Gasteiger charge is 2.31. The molecule has 0 radical (unpaired) electrons. The number of benzene rings is 2. The first-order valence-electron chi connectivity index (χ1n) is 9.44. The molecule has 1 fully saturated rings. The summed E-state index contributed by atoms with van der Waals surface area (Å²) in [7, 11) is 0. The summed E-state index contributed by atoms with van der Waals surface area (Å²) in [6.07, 6.45) is 4.94. The Morgan fingerprint density at radius 2 is 1.79 bits per heavy atom. The van der Waals surface area contributed by atoms with Gasteiger partial charge in [0, 0.05) is 49.4 Å². The summed E-state index contributed by atoms with van der Waals surface area (Å²) in [5.41, 5.74) is 6.70. The Morgan fingerprint density at radius 3 is 2.46 bits per heavy atom. The molecule has 142 valence electrons. The van der Waals surface area contributed by atoms with Gasteiger partial charge >= 0.3 is 0 Å². The van der Waals surface area contributed by atoms with Gasteiger partial charge < -0.3 is 14.9 Å². The number of hydrogen-bond donors (Lipinski definition) is 1. The monoisotopic (exact) mass is 372 g/mol. The van der Waals surface area contributed by atoms with Crippen LogP contribution in [0.25, 0.3) is 12.2 Å². The fourth-order valence-electron chi connectivity index (χ4n) is 4.13. The molecular weight excluding hydrogens is 348 g/mol. The molecule has 0 aromatic heterocycles. The second-order valence-electron chi connectivity index (χ2n) is 7.40. The van der Waals surface area contributed by atoms with Crippen molar-refractivity contribution in [1.29, 1.82) is 0 Å². The highest BCUT2D eigenvalue weighted by molar-refractivity contribution is 5.87. The zero-order valence-corrected chi connectivity index (χ0v) is 15.9. The van der Waals surface area contributed by atoms with Crippen molar-refractivity contribution < 1.29 is 9.90 Å². The van der Waals surface area contributed by atoms with Gasteiger partial charge in [0.1, 0.15) is 5.75 Å². The average molecular weight is 372 g/mol. The molecule has 0 atom stereocenters. The Hall–Kier alpha value is -3.27. The molecule has 4 nitrogen and oxygen atoms in total. The summed E-state index contributed by atoms with van der Waals surface area (Å²) in [6.45, 7) is 14.4. The minimum Gasteiger partial charge on any atom is -0.508 e. The van der Waals surface area contributed by atoms with Crippen molar-refractivity contribution in [3.8, 4) is 5.75 Å². The molecule has 2 aliphatic heterocycles. The zero-order valence-electron chi connectivity index (χ0n) is 15.9. The molecule has 0 saturated carbocycles. The van der Waals surface area contributed by atoms with E-state index >= 15 is 0 Å². The average Bonchev–Trinajstić information content (AvgIpc) is 3.09. The highest BCUT2D eigenvalue weighted by Crippen LogP contribution is 2.37. The number of carbonyl (C=O) groups is 1. The van der Waals surface area contributed by atoms with E-state index in [2.05, 4.69) is 42.8 Å². The number of hydrogen-bond acceptors (Lipinski definition) is 3. The van der Waals surface area contributed by atoms with Crippen LogP contribution in [0.2, 0.25) is 0 Å². The SMILES string of the molecule is C=CC(=O)N1CC(c2ccc3c(c2)CN(c2cc(O)cc(C=C)c2C=C)C3)C1. The van der Waals surface area contributed by atoms with E-state index in [1.807, 2.05) is 11.0 Å². The van der Waals surface area contributed by atoms with E-state index in [1.54, 1.807) is 18.2 Å². The number of anilines is 1. The molecule has 4 rings (SSSR count). The van der Waals surface area contributed by atoms with Crippen molar-refractivity contribution in [2.45, 2.75) is 19.0 Å². The van der Waals surface area contributed by atoms with Gasteiger partial charge in [-0.15, -0.1) is 0 Å². The number of amides is 1. The van der Waals surface area contributed by atoms with Crippen molar-refractivity contribution in [3.63, 3.8) is 0 Å². The predicted octanol–water partition coefficient (Wildman–Crippen LogP) is 4.31. The molecule has 2 heterocycles. The first kappa shape index (κ1) is 18.1. The second-order valence-corrected chi connectivity index (χ2v) is 7.40. The Labute approximate surface area is 165 Å². The van der Waals surface area contributed by atoms with Crippen molar-refractivity contribution in [1.82, 2.24) is 4.90 Å². The standard InChI is InChI=1S/C24H24N2O2/c1-4-16-10-21(27)11-23(22(16)5-2)25-12-18-8-7-17(9-19(18)13-25)20-14-26(15-20)24(28)6-3/h4-11,20,27H,1-3,12-15H2. The van der Waals surface area contributed by atoms with Crippen LogP contribution in [0.1, 0.15) is 33.7 Å². The number of rotatable bonds is 5. The summed E-state index contributed by atoms with van der Waals surface area (Å²) in [5, 5.41) is 10.1. The third-order valence-electron chi connectivity index (χ3n) is 5.73. The van der Waals surface area contributed by atoms with E-state index in [9.17, 15) is 9.90 Å². The number of aromatic hydroxyl groups is 1. The Morgan fingerprint density at radius 1 is 1.04 bits per heavy atom. The maximum absolute atomic E-state index is 11.7. The van der Waals surface area contributed by atoms with Crippen LogP contribution in [-0.2, 0) is 17.9 Å². The summed E-state index contributed by atoms with van der Waals surface area (Å²) >= 11 is 0. The van der Waals surface area contributed by atoms with Gasteiger partial charge in [0.15, 0.2) is 0 Å². The number of likely N-dealkylation sites (tertiary alicyclic amines) is 1. The molecule has 4 heteroatoms. The van der Waals surface area contributed by atoms with Crippen LogP contribution in [0.4, 0.5) is 5.69 Å². The van der Waals surface area contributed by atoms with E-state index in [-0.39, 0.29) is 11.7 Å². The minimum atomic E-state index is 0.00227. The van der Waals surface area contributed by atoms with Crippen LogP contribution >= 0.6 is 0 Å². The first-order valence-corrected chi connectivity index (χ1v) is 9.44. The molecule has 2 aromatic rings. The molecule has 28 heavy (non-hydrogen) atoms. The summed E-state index contributed by atoms with van der Waals surface area (Å²) < 4.78 is 0. The smallest absolute Gasteiger partial charge is 0.245 e. The molecule has 0 bridgehead atoms. The van der Waals surface area contributed by atoms with E-state index in [0.29, 0.717) is 5.92 Å². The maximum Gasteiger partial charge on any atom is 0.245 e. The predicted molar refractivity (Wildman–Crippen MR) is 114 cm³/mol. The largest absolute Gasteiger partial charge is 0.508 e. The normalized spacial score (nSPS) is 15.7. The van der Waals surface area contributed by atoms with Gasteiger partial charge in [0.05, 0.1) is 0 Å². The third-order valence-corrected chi connectivity index (χ3v) is 5.73. The minimum absolute atomic E-state index is 0.00227. The van der Waals surface area contributed by atoms with Gasteiger partial charge in [-0.05, 0) is 34.4 Å². The quantitative estimate of drug-likeness (QED) is 0.796. The molecule has 0 aliphatic carbocycles. The van der Waals surface area contributed by atoms with Gasteiger partial charge in [-0.1, -0.05) is 50.1 Å². The van der Waals surface area contributed by atoms with E-state index in [1.165, 1.54) is 22.8 Å². The van der Waals surface area contributed by atoms with E-state index < -0.39 is 0 Å². The maximum atomic E-state index is 11.7. The van der Waals surface area contributed by atoms with E-state index in [0.717, 1.165) is 43.0 Å². The Bertz CT molecular complexity index is 986. The molecule has 2 aromatic carbocycles. The van der Waals surface area contributed by atoms with Crippen LogP contribution in [0, 0.1) is 0 Å². The van der Waals surface area contributed by atoms with Gasteiger partial charge in [-0.2, -0.15) is 0 Å². The van der Waals surface area contributed by atoms with Crippen LogP contribution in [0.3, 0.4) is 0 Å². The van der Waals surface area contributed by atoms with Crippen LogP contribution in [-0.4, -0.2) is 29.0 Å². The first-order chi connectivity index (χ1) is 13.5. The number of phenolic OH excluding ortho intramolecular Hbond substituents is 1. The fraction of sp³-hybridized carbons (Fsp3) is 0.208. The number of phenols is 1. The van der Waals surface area contributed by atoms with Gasteiger partial charge in [-0.3, -0.25) is 4.79 Å². The third kappa shape index (κ3) is 3.01. The molecule has 0 spiro atoms. The van der Waals surface area contributed by atoms with Crippen LogP contribution < -0.4 is 4.90 Å². The van der Waals surface area contributed by atoms with E-state index in [4.69, 9.17) is 0 Å². The van der Waals surface area contributed by atoms with Crippen LogP contribution in [0.15, 0.2) is 56.1 Å². The Kier molecular flexibility index (Phi) is 4.55. The lowest BCUT2D eigenvalue weighted by Crippen LogP contribution is -2.47. The summed E-state index contributed by atoms with van der Waals surface area (Å²) in [5.74, 6) is 0.621. The lowest BCUT2D eigenvalue weighted by atomic mass is 9.89. The topological polar surface area (TPSA) is 43.8 Å². The van der Waals surface area contributed by atoms with Crippen LogP contribution in [0.5, 0.6) is 5.75 Å². The van der Waals surface area contributed by atoms with Crippen molar-refractivity contribution in [2.75, 3.05) is 18.0 Å². The lowest BCUT2D eigenvalue weighted by Gasteiger charge is -2.39. The molecule has 1 N–H and O–H groups in total. The second kappa shape index (κ2) is 7.04. The highest BCUT2D eigenvalue weighted by atomic mass is 16.3. The zero-order chi connectivity index (χ0) is 19.8. The summed E-state index contributed by atoms with van der Waals surface area (Å²) in [6, 6.07) is 10.1. The summed E-state index contributed by atoms with van der Waals surface area (Å²) in [4.78, 5) is 15.7. The molecule has 0 unspecified atom stereocenters. The Balaban J connectivity index is 1.56. The van der Waals surface area contributed by atoms with Crippen molar-refractivity contribution in [2.24, 2.45) is 0 Å². The molecular formula is C24H24N2O2. The molecule has 1 saturated heterocycles. The lowest BCUT2D eigenvalue weighted by molar-refractivity contribution is -0.130. The molecule has 2 aliphatic rings. The van der Waals surface area contributed by atoms with Crippen molar-refractivity contribution in [3.05, 3.63) is 84.0 Å².